The molecule has 3 nitrogen and oxygen atoms in total. The van der Waals surface area contributed by atoms with Crippen molar-refractivity contribution in [3.05, 3.63) is 10.6 Å². The molecular weight excluding hydrogens is 206 g/mol. The van der Waals surface area contributed by atoms with Gasteiger partial charge in [-0.25, -0.2) is 0 Å². The predicted molar refractivity (Wildman–Crippen MR) is 65.7 cm³/mol. The van der Waals surface area contributed by atoms with Gasteiger partial charge in [0.2, 0.25) is 0 Å². The molecule has 0 spiro atoms. The fourth-order valence-corrected chi connectivity index (χ4v) is 1.97. The molecule has 0 saturated carbocycles. The van der Waals surface area contributed by atoms with Crippen molar-refractivity contribution >= 4 is 12.2 Å². The lowest BCUT2D eigenvalue weighted by Gasteiger charge is -2.25. The summed E-state index contributed by atoms with van der Waals surface area (Å²) in [5.74, 6) is 2.04. The number of hydrogen-bond donors (Lipinski definition) is 1. The van der Waals surface area contributed by atoms with Gasteiger partial charge in [-0.05, 0) is 38.9 Å². The van der Waals surface area contributed by atoms with Crippen LogP contribution in [-0.2, 0) is 5.54 Å². The number of H-pyrrole nitrogens is 1. The predicted octanol–water partition coefficient (Wildman–Crippen LogP) is 3.46. The number of nitrogens with zero attached hydrogens (tertiary/aromatic N) is 2. The minimum absolute atomic E-state index is 0.0113. The van der Waals surface area contributed by atoms with E-state index in [1.165, 1.54) is 0 Å². The summed E-state index contributed by atoms with van der Waals surface area (Å²) in [7, 11) is 0. The van der Waals surface area contributed by atoms with Gasteiger partial charge in [-0.2, -0.15) is 5.10 Å². The Hall–Kier alpha value is -0.640. The quantitative estimate of drug-likeness (QED) is 0.785. The highest BCUT2D eigenvalue weighted by molar-refractivity contribution is 7.71. The van der Waals surface area contributed by atoms with Gasteiger partial charge in [0.05, 0.1) is 0 Å². The molecule has 0 aliphatic rings. The normalized spacial score (nSPS) is 14.6. The first-order valence-electron chi connectivity index (χ1n) is 5.43. The first kappa shape index (κ1) is 12.4. The second kappa shape index (κ2) is 4.08. The van der Waals surface area contributed by atoms with Crippen LogP contribution in [0.1, 0.15) is 53.3 Å². The molecule has 0 saturated heterocycles. The summed E-state index contributed by atoms with van der Waals surface area (Å²) in [5.41, 5.74) is -0.0113. The number of hydrogen-bond acceptors (Lipinski definition) is 2. The number of rotatable bonds is 2. The van der Waals surface area contributed by atoms with Gasteiger partial charge in [0.1, 0.15) is 5.82 Å². The Kier molecular flexibility index (Phi) is 3.38. The summed E-state index contributed by atoms with van der Waals surface area (Å²) in [4.78, 5) is 0. The van der Waals surface area contributed by atoms with E-state index in [2.05, 4.69) is 56.3 Å². The van der Waals surface area contributed by atoms with E-state index in [0.717, 1.165) is 5.82 Å². The Balaban J connectivity index is 3.27. The molecule has 0 aliphatic carbocycles. The van der Waals surface area contributed by atoms with Crippen molar-refractivity contribution in [2.45, 2.75) is 53.0 Å². The Bertz CT molecular complexity index is 381. The Morgan fingerprint density at radius 3 is 2.20 bits per heavy atom. The van der Waals surface area contributed by atoms with Crippen molar-refractivity contribution in [2.24, 2.45) is 5.92 Å². The molecule has 15 heavy (non-hydrogen) atoms. The summed E-state index contributed by atoms with van der Waals surface area (Å²) in [6.07, 6.45) is 0. The molecule has 0 aromatic carbocycles. The number of aromatic nitrogens is 3. The van der Waals surface area contributed by atoms with Gasteiger partial charge >= 0.3 is 0 Å². The van der Waals surface area contributed by atoms with Crippen molar-refractivity contribution in [2.75, 3.05) is 0 Å². The minimum Gasteiger partial charge on any atom is -0.299 e. The zero-order chi connectivity index (χ0) is 11.8. The zero-order valence-electron chi connectivity index (χ0n) is 10.5. The van der Waals surface area contributed by atoms with Gasteiger partial charge in [0, 0.05) is 11.5 Å². The standard InChI is InChI=1S/C11H21N3S/c1-7(2)8(3)9-12-13-10(15)14(9)11(4,5)6/h7-8H,1-6H3,(H,13,15). The molecule has 1 heterocycles. The van der Waals surface area contributed by atoms with E-state index in [-0.39, 0.29) is 5.54 Å². The third-order valence-electron chi connectivity index (χ3n) is 2.78. The van der Waals surface area contributed by atoms with Crippen LogP contribution in [0.4, 0.5) is 0 Å². The van der Waals surface area contributed by atoms with Gasteiger partial charge in [0.15, 0.2) is 4.77 Å². The van der Waals surface area contributed by atoms with Gasteiger partial charge in [-0.1, -0.05) is 20.8 Å². The second-order valence-electron chi connectivity index (χ2n) is 5.43. The molecule has 1 atom stereocenters. The summed E-state index contributed by atoms with van der Waals surface area (Å²) in [5, 5.41) is 7.24. The lowest BCUT2D eigenvalue weighted by molar-refractivity contribution is 0.355. The Morgan fingerprint density at radius 1 is 1.27 bits per heavy atom. The van der Waals surface area contributed by atoms with Crippen LogP contribution in [0, 0.1) is 10.7 Å². The van der Waals surface area contributed by atoms with Crippen LogP contribution in [0.3, 0.4) is 0 Å². The van der Waals surface area contributed by atoms with E-state index < -0.39 is 0 Å². The molecule has 4 heteroatoms. The molecule has 1 unspecified atom stereocenters. The van der Waals surface area contributed by atoms with Crippen LogP contribution in [0.25, 0.3) is 0 Å². The molecule has 1 N–H and O–H groups in total. The van der Waals surface area contributed by atoms with Gasteiger partial charge in [0.25, 0.3) is 0 Å². The molecule has 86 valence electrons. The smallest absolute Gasteiger partial charge is 0.195 e. The van der Waals surface area contributed by atoms with Crippen LogP contribution in [0.2, 0.25) is 0 Å². The van der Waals surface area contributed by atoms with Crippen molar-refractivity contribution in [3.63, 3.8) is 0 Å². The van der Waals surface area contributed by atoms with Gasteiger partial charge < -0.3 is 0 Å². The highest BCUT2D eigenvalue weighted by atomic mass is 32.1. The molecule has 1 aromatic rings. The van der Waals surface area contributed by atoms with Crippen LogP contribution in [0.5, 0.6) is 0 Å². The molecule has 0 amide bonds. The van der Waals surface area contributed by atoms with E-state index in [9.17, 15) is 0 Å². The molecule has 1 aromatic heterocycles. The molecule has 0 fully saturated rings. The second-order valence-corrected chi connectivity index (χ2v) is 5.81. The monoisotopic (exact) mass is 227 g/mol. The van der Waals surface area contributed by atoms with Crippen LogP contribution in [-0.4, -0.2) is 14.8 Å². The fraction of sp³-hybridized carbons (Fsp3) is 0.818. The molecule has 1 rings (SSSR count). The third-order valence-corrected chi connectivity index (χ3v) is 3.05. The lowest BCUT2D eigenvalue weighted by atomic mass is 9.96. The van der Waals surface area contributed by atoms with E-state index in [0.29, 0.717) is 16.6 Å². The van der Waals surface area contributed by atoms with E-state index in [4.69, 9.17) is 12.2 Å². The minimum atomic E-state index is -0.0113. The number of nitrogens with one attached hydrogen (secondary N) is 1. The van der Waals surface area contributed by atoms with Gasteiger partial charge in [-0.15, -0.1) is 0 Å². The van der Waals surface area contributed by atoms with Crippen molar-refractivity contribution in [3.8, 4) is 0 Å². The lowest BCUT2D eigenvalue weighted by Crippen LogP contribution is -2.26. The zero-order valence-corrected chi connectivity index (χ0v) is 11.3. The Morgan fingerprint density at radius 2 is 1.80 bits per heavy atom. The molecule has 0 radical (unpaired) electrons. The first-order valence-corrected chi connectivity index (χ1v) is 5.83. The van der Waals surface area contributed by atoms with E-state index in [1.807, 2.05) is 0 Å². The average Bonchev–Trinajstić information content (AvgIpc) is 2.44. The SMILES string of the molecule is CC(C)C(C)c1n[nH]c(=S)n1C(C)(C)C. The molecule has 0 bridgehead atoms. The van der Waals surface area contributed by atoms with Crippen LogP contribution < -0.4 is 0 Å². The maximum Gasteiger partial charge on any atom is 0.195 e. The number of aromatic amines is 1. The first-order chi connectivity index (χ1) is 6.75. The van der Waals surface area contributed by atoms with Crippen LogP contribution in [0.15, 0.2) is 0 Å². The summed E-state index contributed by atoms with van der Waals surface area (Å²) in [6, 6.07) is 0. The molecular formula is C11H21N3S. The van der Waals surface area contributed by atoms with E-state index in [1.54, 1.807) is 0 Å². The molecule has 0 aliphatic heterocycles. The largest absolute Gasteiger partial charge is 0.299 e. The van der Waals surface area contributed by atoms with Crippen molar-refractivity contribution < 1.29 is 0 Å². The van der Waals surface area contributed by atoms with Crippen molar-refractivity contribution in [1.29, 1.82) is 0 Å². The summed E-state index contributed by atoms with van der Waals surface area (Å²) < 4.78 is 2.83. The summed E-state index contributed by atoms with van der Waals surface area (Å²) in [6.45, 7) is 13.0. The maximum absolute atomic E-state index is 5.27. The van der Waals surface area contributed by atoms with E-state index >= 15 is 0 Å². The topological polar surface area (TPSA) is 33.6 Å². The Labute approximate surface area is 96.9 Å². The highest BCUT2D eigenvalue weighted by Crippen LogP contribution is 2.26. The average molecular weight is 227 g/mol. The fourth-order valence-electron chi connectivity index (χ4n) is 1.56. The highest BCUT2D eigenvalue weighted by Gasteiger charge is 2.24. The van der Waals surface area contributed by atoms with Gasteiger partial charge in [-0.3, -0.25) is 9.67 Å². The third kappa shape index (κ3) is 2.48. The maximum atomic E-state index is 5.27. The summed E-state index contributed by atoms with van der Waals surface area (Å²) >= 11 is 5.27. The van der Waals surface area contributed by atoms with Crippen molar-refractivity contribution in [1.82, 2.24) is 14.8 Å². The van der Waals surface area contributed by atoms with Crippen LogP contribution >= 0.6 is 12.2 Å².